The molecule has 2 nitrogen and oxygen atoms in total. The number of benzene rings is 1. The minimum atomic E-state index is -0.393. The average Bonchev–Trinajstić information content (AvgIpc) is 2.87. The number of ketones is 1. The molecule has 0 bridgehead atoms. The predicted octanol–water partition coefficient (Wildman–Crippen LogP) is 4.28. The molecular formula is C16H15ClO2S. The van der Waals surface area contributed by atoms with Gasteiger partial charge in [-0.25, -0.2) is 0 Å². The Morgan fingerprint density at radius 2 is 2.10 bits per heavy atom. The SMILES string of the molecule is O=CC12CCCC=C1SC(C(=O)c1ccc(Cl)cc1)C2. The van der Waals surface area contributed by atoms with Gasteiger partial charge in [-0.2, -0.15) is 0 Å². The third-order valence-corrected chi connectivity index (χ3v) is 5.86. The van der Waals surface area contributed by atoms with Gasteiger partial charge >= 0.3 is 0 Å². The van der Waals surface area contributed by atoms with E-state index in [9.17, 15) is 9.59 Å². The van der Waals surface area contributed by atoms with Crippen LogP contribution in [0.15, 0.2) is 35.2 Å². The smallest absolute Gasteiger partial charge is 0.176 e. The van der Waals surface area contributed by atoms with Crippen LogP contribution in [0.5, 0.6) is 0 Å². The van der Waals surface area contributed by atoms with Gasteiger partial charge in [0.05, 0.1) is 10.7 Å². The molecule has 0 N–H and O–H groups in total. The van der Waals surface area contributed by atoms with E-state index in [-0.39, 0.29) is 11.0 Å². The van der Waals surface area contributed by atoms with Crippen LogP contribution in [0.4, 0.5) is 0 Å². The summed E-state index contributed by atoms with van der Waals surface area (Å²) in [5.41, 5.74) is 0.280. The molecule has 0 aromatic heterocycles. The summed E-state index contributed by atoms with van der Waals surface area (Å²) in [6, 6.07) is 6.98. The summed E-state index contributed by atoms with van der Waals surface area (Å²) < 4.78 is 0. The van der Waals surface area contributed by atoms with E-state index in [0.717, 1.165) is 30.5 Å². The van der Waals surface area contributed by atoms with Gasteiger partial charge < -0.3 is 4.79 Å². The van der Waals surface area contributed by atoms with E-state index < -0.39 is 5.41 Å². The zero-order valence-corrected chi connectivity index (χ0v) is 12.5. The van der Waals surface area contributed by atoms with Crippen LogP contribution in [0, 0.1) is 5.41 Å². The Labute approximate surface area is 127 Å². The molecule has 1 aliphatic carbocycles. The zero-order valence-electron chi connectivity index (χ0n) is 11.0. The maximum atomic E-state index is 12.6. The molecule has 104 valence electrons. The van der Waals surface area contributed by atoms with Gasteiger partial charge in [-0.1, -0.05) is 17.7 Å². The topological polar surface area (TPSA) is 34.1 Å². The van der Waals surface area contributed by atoms with Crippen molar-refractivity contribution in [3.63, 3.8) is 0 Å². The number of Topliss-reactive ketones (excluding diaryl/α,β-unsaturated/α-hetero) is 1. The molecule has 2 aliphatic rings. The maximum absolute atomic E-state index is 12.6. The second-order valence-corrected chi connectivity index (χ2v) is 7.10. The van der Waals surface area contributed by atoms with E-state index in [1.807, 2.05) is 0 Å². The highest BCUT2D eigenvalue weighted by Crippen LogP contribution is 2.55. The second-order valence-electron chi connectivity index (χ2n) is 5.42. The van der Waals surface area contributed by atoms with E-state index >= 15 is 0 Å². The predicted molar refractivity (Wildman–Crippen MR) is 82.2 cm³/mol. The number of rotatable bonds is 3. The van der Waals surface area contributed by atoms with Gasteiger partial charge in [0.2, 0.25) is 0 Å². The normalized spacial score (nSPS) is 28.6. The number of carbonyl (C=O) groups excluding carboxylic acids is 2. The van der Waals surface area contributed by atoms with E-state index in [1.54, 1.807) is 36.0 Å². The molecule has 0 saturated carbocycles. The molecule has 1 fully saturated rings. The summed E-state index contributed by atoms with van der Waals surface area (Å²) in [7, 11) is 0. The van der Waals surface area contributed by atoms with Gasteiger partial charge in [0.1, 0.15) is 6.29 Å². The quantitative estimate of drug-likeness (QED) is 0.617. The third-order valence-electron chi connectivity index (χ3n) is 4.11. The van der Waals surface area contributed by atoms with Crippen LogP contribution in [-0.2, 0) is 4.79 Å². The highest BCUT2D eigenvalue weighted by Gasteiger charge is 2.47. The molecule has 20 heavy (non-hydrogen) atoms. The summed E-state index contributed by atoms with van der Waals surface area (Å²) in [5.74, 6) is 0.100. The van der Waals surface area contributed by atoms with Crippen molar-refractivity contribution >= 4 is 35.4 Å². The lowest BCUT2D eigenvalue weighted by atomic mass is 9.76. The van der Waals surface area contributed by atoms with Crippen molar-refractivity contribution < 1.29 is 9.59 Å². The number of aldehydes is 1. The number of allylic oxidation sites excluding steroid dienone is 2. The van der Waals surface area contributed by atoms with Gasteiger partial charge in [-0.05, 0) is 54.9 Å². The van der Waals surface area contributed by atoms with E-state index in [2.05, 4.69) is 6.08 Å². The van der Waals surface area contributed by atoms with Crippen molar-refractivity contribution in [3.8, 4) is 0 Å². The molecule has 3 rings (SSSR count). The molecule has 4 heteroatoms. The number of thioether (sulfide) groups is 1. The summed E-state index contributed by atoms with van der Waals surface area (Å²) in [5, 5.41) is 0.479. The summed E-state index contributed by atoms with van der Waals surface area (Å²) in [6.45, 7) is 0. The Morgan fingerprint density at radius 1 is 1.35 bits per heavy atom. The first-order chi connectivity index (χ1) is 9.64. The lowest BCUT2D eigenvalue weighted by Crippen LogP contribution is -2.25. The van der Waals surface area contributed by atoms with Crippen molar-refractivity contribution in [1.82, 2.24) is 0 Å². The van der Waals surface area contributed by atoms with Crippen molar-refractivity contribution in [2.45, 2.75) is 30.9 Å². The zero-order chi connectivity index (χ0) is 14.2. The van der Waals surface area contributed by atoms with Crippen LogP contribution in [0.1, 0.15) is 36.0 Å². The fraction of sp³-hybridized carbons (Fsp3) is 0.375. The Hall–Kier alpha value is -1.06. The molecule has 1 aromatic rings. The summed E-state index contributed by atoms with van der Waals surface area (Å²) in [6.07, 6.45) is 6.75. The first kappa shape index (κ1) is 13.9. The van der Waals surface area contributed by atoms with Crippen molar-refractivity contribution in [2.75, 3.05) is 0 Å². The maximum Gasteiger partial charge on any atom is 0.176 e. The molecule has 0 amide bonds. The van der Waals surface area contributed by atoms with Crippen molar-refractivity contribution in [1.29, 1.82) is 0 Å². The molecule has 2 unspecified atom stereocenters. The van der Waals surface area contributed by atoms with Crippen LogP contribution in [0.25, 0.3) is 0 Å². The van der Waals surface area contributed by atoms with Gasteiger partial charge in [-0.15, -0.1) is 11.8 Å². The highest BCUT2D eigenvalue weighted by molar-refractivity contribution is 8.04. The van der Waals surface area contributed by atoms with Gasteiger partial charge in [0.15, 0.2) is 5.78 Å². The van der Waals surface area contributed by atoms with E-state index in [0.29, 0.717) is 17.0 Å². The number of hydrogen-bond acceptors (Lipinski definition) is 3. The first-order valence-corrected chi connectivity index (χ1v) is 8.04. The minimum absolute atomic E-state index is 0.100. The molecular weight excluding hydrogens is 292 g/mol. The molecule has 1 aliphatic heterocycles. The lowest BCUT2D eigenvalue weighted by molar-refractivity contribution is -0.114. The Morgan fingerprint density at radius 3 is 2.75 bits per heavy atom. The minimum Gasteiger partial charge on any atom is -0.302 e. The highest BCUT2D eigenvalue weighted by atomic mass is 35.5. The number of fused-ring (bicyclic) bond motifs is 1. The van der Waals surface area contributed by atoms with E-state index in [1.165, 1.54) is 0 Å². The molecule has 1 aromatic carbocycles. The average molecular weight is 307 g/mol. The van der Waals surface area contributed by atoms with Gasteiger partial charge in [0, 0.05) is 10.6 Å². The fourth-order valence-electron chi connectivity index (χ4n) is 2.98. The standard InChI is InChI=1S/C16H15ClO2S/c17-12-6-4-11(5-7-12)15(19)13-9-16(10-18)8-2-1-3-14(16)20-13/h3-7,10,13H,1-2,8-9H2. The monoisotopic (exact) mass is 306 g/mol. The van der Waals surface area contributed by atoms with Crippen LogP contribution >= 0.6 is 23.4 Å². The molecule has 0 radical (unpaired) electrons. The van der Waals surface area contributed by atoms with Crippen molar-refractivity contribution in [2.24, 2.45) is 5.41 Å². The number of halogens is 1. The van der Waals surface area contributed by atoms with Gasteiger partial charge in [-0.3, -0.25) is 4.79 Å². The van der Waals surface area contributed by atoms with Crippen LogP contribution in [-0.4, -0.2) is 17.3 Å². The molecule has 1 saturated heterocycles. The van der Waals surface area contributed by atoms with Crippen LogP contribution in [0.2, 0.25) is 5.02 Å². The number of hydrogen-bond donors (Lipinski definition) is 0. The summed E-state index contributed by atoms with van der Waals surface area (Å²) in [4.78, 5) is 25.2. The van der Waals surface area contributed by atoms with Crippen molar-refractivity contribution in [3.05, 3.63) is 45.8 Å². The van der Waals surface area contributed by atoms with Crippen LogP contribution < -0.4 is 0 Å². The molecule has 2 atom stereocenters. The second kappa shape index (κ2) is 5.38. The van der Waals surface area contributed by atoms with Gasteiger partial charge in [0.25, 0.3) is 0 Å². The van der Waals surface area contributed by atoms with E-state index in [4.69, 9.17) is 11.6 Å². The Bertz CT molecular complexity index is 579. The Balaban J connectivity index is 1.84. The van der Waals surface area contributed by atoms with Crippen LogP contribution in [0.3, 0.4) is 0 Å². The number of carbonyl (C=O) groups is 2. The third kappa shape index (κ3) is 2.33. The lowest BCUT2D eigenvalue weighted by Gasteiger charge is -2.26. The summed E-state index contributed by atoms with van der Waals surface area (Å²) >= 11 is 7.42. The fourth-order valence-corrected chi connectivity index (χ4v) is 4.72. The molecule has 0 spiro atoms. The Kier molecular flexibility index (Phi) is 3.74. The first-order valence-electron chi connectivity index (χ1n) is 6.78. The largest absolute Gasteiger partial charge is 0.302 e. The molecule has 1 heterocycles.